The minimum atomic E-state index is -0.181. The van der Waals surface area contributed by atoms with Gasteiger partial charge in [-0.1, -0.05) is 23.2 Å². The summed E-state index contributed by atoms with van der Waals surface area (Å²) in [6, 6.07) is 3.48. The Morgan fingerprint density at radius 3 is 2.53 bits per heavy atom. The quantitative estimate of drug-likeness (QED) is 0.821. The zero-order valence-electron chi connectivity index (χ0n) is 10.4. The molecule has 17 heavy (non-hydrogen) atoms. The van der Waals surface area contributed by atoms with E-state index in [-0.39, 0.29) is 6.04 Å². The summed E-state index contributed by atoms with van der Waals surface area (Å²) < 4.78 is 10.4. The molecule has 0 aliphatic heterocycles. The molecule has 0 heterocycles. The van der Waals surface area contributed by atoms with E-state index >= 15 is 0 Å². The van der Waals surface area contributed by atoms with Crippen LogP contribution in [0.3, 0.4) is 0 Å². The summed E-state index contributed by atoms with van der Waals surface area (Å²) in [7, 11) is 3.12. The van der Waals surface area contributed by atoms with Gasteiger partial charge < -0.3 is 15.2 Å². The molecule has 0 aromatic heterocycles. The zero-order valence-corrected chi connectivity index (χ0v) is 11.2. The normalized spacial score (nSPS) is 12.1. The maximum atomic E-state index is 6.26. The van der Waals surface area contributed by atoms with E-state index in [1.165, 1.54) is 0 Å². The van der Waals surface area contributed by atoms with Gasteiger partial charge in [-0.3, -0.25) is 0 Å². The number of ether oxygens (including phenoxy) is 2. The second-order valence-electron chi connectivity index (χ2n) is 3.97. The largest absolute Gasteiger partial charge is 0.493 e. The first-order chi connectivity index (χ1) is 8.01. The van der Waals surface area contributed by atoms with Crippen molar-refractivity contribution in [3.8, 4) is 11.5 Å². The minimum absolute atomic E-state index is 0.181. The van der Waals surface area contributed by atoms with Crippen LogP contribution in [0.2, 0.25) is 5.02 Å². The van der Waals surface area contributed by atoms with Crippen LogP contribution < -0.4 is 15.2 Å². The molecule has 0 saturated carbocycles. The van der Waals surface area contributed by atoms with Crippen LogP contribution in [-0.2, 0) is 0 Å². The maximum absolute atomic E-state index is 6.26. The number of halogens is 1. The molecule has 1 aromatic carbocycles. The molecule has 3 nitrogen and oxygen atoms in total. The van der Waals surface area contributed by atoms with Crippen LogP contribution in [0.5, 0.6) is 11.5 Å². The molecule has 1 rings (SSSR count). The van der Waals surface area contributed by atoms with E-state index in [1.807, 2.05) is 13.0 Å². The van der Waals surface area contributed by atoms with Gasteiger partial charge in [0.2, 0.25) is 0 Å². The van der Waals surface area contributed by atoms with Gasteiger partial charge in [0, 0.05) is 6.04 Å². The van der Waals surface area contributed by atoms with Crippen LogP contribution in [0.15, 0.2) is 24.3 Å². The summed E-state index contributed by atoms with van der Waals surface area (Å²) in [6.07, 6.45) is 0.690. The van der Waals surface area contributed by atoms with E-state index in [1.54, 1.807) is 20.3 Å². The number of methoxy groups -OCH3 is 2. The van der Waals surface area contributed by atoms with E-state index in [0.29, 0.717) is 22.9 Å². The lowest BCUT2D eigenvalue weighted by Crippen LogP contribution is -2.11. The topological polar surface area (TPSA) is 44.5 Å². The molecule has 94 valence electrons. The van der Waals surface area contributed by atoms with Gasteiger partial charge in [0.15, 0.2) is 11.5 Å². The Kier molecular flexibility index (Phi) is 4.85. The molecule has 2 N–H and O–H groups in total. The van der Waals surface area contributed by atoms with Gasteiger partial charge in [-0.2, -0.15) is 0 Å². The smallest absolute Gasteiger partial charge is 0.179 e. The molecule has 0 saturated heterocycles. The van der Waals surface area contributed by atoms with Gasteiger partial charge in [-0.25, -0.2) is 0 Å². The van der Waals surface area contributed by atoms with Crippen LogP contribution in [0.25, 0.3) is 0 Å². The van der Waals surface area contributed by atoms with Gasteiger partial charge in [0.1, 0.15) is 0 Å². The molecule has 0 aliphatic rings. The van der Waals surface area contributed by atoms with E-state index in [9.17, 15) is 0 Å². The summed E-state index contributed by atoms with van der Waals surface area (Å²) >= 11 is 6.26. The first kappa shape index (κ1) is 13.9. The maximum Gasteiger partial charge on any atom is 0.179 e. The van der Waals surface area contributed by atoms with Crippen molar-refractivity contribution in [3.63, 3.8) is 0 Å². The highest BCUT2D eigenvalue weighted by Gasteiger charge is 2.17. The highest BCUT2D eigenvalue weighted by atomic mass is 35.5. The molecule has 0 radical (unpaired) electrons. The fraction of sp³-hybridized carbons (Fsp3) is 0.385. The van der Waals surface area contributed by atoms with E-state index in [0.717, 1.165) is 11.1 Å². The fourth-order valence-electron chi connectivity index (χ4n) is 1.68. The predicted octanol–water partition coefficient (Wildman–Crippen LogP) is 3.32. The van der Waals surface area contributed by atoms with Crippen LogP contribution in [-0.4, -0.2) is 14.2 Å². The van der Waals surface area contributed by atoms with Gasteiger partial charge in [0.05, 0.1) is 19.2 Å². The molecule has 1 aromatic rings. The molecule has 0 aliphatic carbocycles. The van der Waals surface area contributed by atoms with Crippen LogP contribution in [0.4, 0.5) is 0 Å². The first-order valence-corrected chi connectivity index (χ1v) is 5.69. The summed E-state index contributed by atoms with van der Waals surface area (Å²) in [5, 5.41) is 0.501. The Balaban J connectivity index is 3.14. The summed E-state index contributed by atoms with van der Waals surface area (Å²) in [4.78, 5) is 0. The van der Waals surface area contributed by atoms with Gasteiger partial charge in [0.25, 0.3) is 0 Å². The fourth-order valence-corrected chi connectivity index (χ4v) is 2.05. The van der Waals surface area contributed by atoms with Crippen molar-refractivity contribution in [3.05, 3.63) is 34.9 Å². The summed E-state index contributed by atoms with van der Waals surface area (Å²) in [6.45, 7) is 5.79. The zero-order chi connectivity index (χ0) is 13.0. The average molecular weight is 256 g/mol. The number of rotatable bonds is 5. The summed E-state index contributed by atoms with van der Waals surface area (Å²) in [5.74, 6) is 1.12. The highest BCUT2D eigenvalue weighted by Crippen LogP contribution is 2.39. The van der Waals surface area contributed by atoms with Crippen molar-refractivity contribution < 1.29 is 9.47 Å². The molecule has 0 fully saturated rings. The summed E-state index contributed by atoms with van der Waals surface area (Å²) in [5.41, 5.74) is 7.93. The van der Waals surface area contributed by atoms with Crippen molar-refractivity contribution in [2.75, 3.05) is 14.2 Å². The molecule has 0 unspecified atom stereocenters. The Bertz CT molecular complexity index is 418. The molecule has 0 spiro atoms. The lowest BCUT2D eigenvalue weighted by Gasteiger charge is -2.17. The predicted molar refractivity (Wildman–Crippen MR) is 70.9 cm³/mol. The third-order valence-corrected chi connectivity index (χ3v) is 2.87. The van der Waals surface area contributed by atoms with Crippen molar-refractivity contribution in [2.24, 2.45) is 5.73 Å². The molecule has 4 heteroatoms. The van der Waals surface area contributed by atoms with Crippen molar-refractivity contribution in [2.45, 2.75) is 19.4 Å². The van der Waals surface area contributed by atoms with Crippen LogP contribution >= 0.6 is 11.6 Å². The average Bonchev–Trinajstić information content (AvgIpc) is 2.27. The first-order valence-electron chi connectivity index (χ1n) is 5.31. The third-order valence-electron chi connectivity index (χ3n) is 2.48. The van der Waals surface area contributed by atoms with Crippen LogP contribution in [0, 0.1) is 0 Å². The lowest BCUT2D eigenvalue weighted by atomic mass is 10.0. The molecule has 0 amide bonds. The van der Waals surface area contributed by atoms with Gasteiger partial charge in [-0.15, -0.1) is 6.58 Å². The number of benzene rings is 1. The molecule has 1 atom stereocenters. The van der Waals surface area contributed by atoms with Crippen molar-refractivity contribution >= 4 is 11.6 Å². The Morgan fingerprint density at radius 2 is 2.06 bits per heavy atom. The monoisotopic (exact) mass is 255 g/mol. The second kappa shape index (κ2) is 5.94. The lowest BCUT2D eigenvalue weighted by molar-refractivity contribution is 0.354. The van der Waals surface area contributed by atoms with Gasteiger partial charge in [-0.05, 0) is 25.0 Å². The van der Waals surface area contributed by atoms with E-state index in [2.05, 4.69) is 6.58 Å². The SMILES string of the molecule is C=C(C)C[C@H](N)c1ccc(OC)c(OC)c1Cl. The van der Waals surface area contributed by atoms with Crippen molar-refractivity contribution in [1.82, 2.24) is 0 Å². The Labute approximate surface area is 107 Å². The number of hydrogen-bond acceptors (Lipinski definition) is 3. The second-order valence-corrected chi connectivity index (χ2v) is 4.35. The Hall–Kier alpha value is -1.19. The van der Waals surface area contributed by atoms with Crippen LogP contribution in [0.1, 0.15) is 24.9 Å². The number of hydrogen-bond donors (Lipinski definition) is 1. The molecular weight excluding hydrogens is 238 g/mol. The standard InChI is InChI=1S/C13H18ClNO2/c1-8(2)7-10(15)9-5-6-11(16-3)13(17-4)12(9)14/h5-6,10H,1,7,15H2,2-4H3/t10-/m0/s1. The third kappa shape index (κ3) is 3.14. The van der Waals surface area contributed by atoms with Gasteiger partial charge >= 0.3 is 0 Å². The van der Waals surface area contributed by atoms with E-state index < -0.39 is 0 Å². The Morgan fingerprint density at radius 1 is 1.41 bits per heavy atom. The minimum Gasteiger partial charge on any atom is -0.493 e. The number of nitrogens with two attached hydrogens (primary N) is 1. The highest BCUT2D eigenvalue weighted by molar-refractivity contribution is 6.33. The van der Waals surface area contributed by atoms with Crippen molar-refractivity contribution in [1.29, 1.82) is 0 Å². The molecular formula is C13H18ClNO2. The van der Waals surface area contributed by atoms with E-state index in [4.69, 9.17) is 26.8 Å². The molecule has 0 bridgehead atoms.